The summed E-state index contributed by atoms with van der Waals surface area (Å²) in [5.41, 5.74) is 1.05. The second-order valence-corrected chi connectivity index (χ2v) is 5.51. The molecule has 2 aliphatic heterocycles. The molecule has 0 radical (unpaired) electrons. The zero-order chi connectivity index (χ0) is 9.71. The van der Waals surface area contributed by atoms with E-state index in [0.29, 0.717) is 18.0 Å². The molecule has 0 saturated carbocycles. The Labute approximate surface area is 97.6 Å². The van der Waals surface area contributed by atoms with Crippen molar-refractivity contribution in [3.63, 3.8) is 0 Å². The fourth-order valence-corrected chi connectivity index (χ4v) is 3.53. The number of hydrogen-bond acceptors (Lipinski definition) is 2. The van der Waals surface area contributed by atoms with Gasteiger partial charge in [-0.1, -0.05) is 6.08 Å². The van der Waals surface area contributed by atoms with Crippen molar-refractivity contribution in [3.05, 3.63) is 11.6 Å². The number of rotatable bonds is 1. The number of carbonyl (C=O) groups is 1. The van der Waals surface area contributed by atoms with Crippen molar-refractivity contribution < 1.29 is 4.79 Å². The quantitative estimate of drug-likeness (QED) is 0.539. The molecule has 1 aliphatic carbocycles. The fourth-order valence-electron chi connectivity index (χ4n) is 2.48. The molecule has 2 saturated heterocycles. The first-order valence-electron chi connectivity index (χ1n) is 5.20. The van der Waals surface area contributed by atoms with Gasteiger partial charge < -0.3 is 4.90 Å². The molecule has 3 rings (SSSR count). The highest BCUT2D eigenvalue weighted by molar-refractivity contribution is 14.1. The lowest BCUT2D eigenvalue weighted by atomic mass is 9.96. The summed E-state index contributed by atoms with van der Waals surface area (Å²) in [5, 5.41) is 0. The van der Waals surface area contributed by atoms with Crippen molar-refractivity contribution in [1.29, 1.82) is 0 Å². The Morgan fingerprint density at radius 3 is 2.79 bits per heavy atom. The molecule has 2 fully saturated rings. The molecule has 0 N–H and O–H groups in total. The molecule has 0 aromatic heterocycles. The SMILES string of the molecule is O=C(C1=CCC1)N1CCC2C1CN2I. The van der Waals surface area contributed by atoms with Crippen molar-refractivity contribution in [2.75, 3.05) is 13.1 Å². The van der Waals surface area contributed by atoms with Crippen LogP contribution in [0.15, 0.2) is 11.6 Å². The Balaban J connectivity index is 1.72. The minimum Gasteiger partial charge on any atom is -0.333 e. The maximum absolute atomic E-state index is 12.0. The van der Waals surface area contributed by atoms with Crippen LogP contribution in [-0.4, -0.2) is 39.1 Å². The molecule has 0 spiro atoms. The van der Waals surface area contributed by atoms with Gasteiger partial charge in [0.15, 0.2) is 0 Å². The molecule has 76 valence electrons. The third kappa shape index (κ3) is 1.16. The first kappa shape index (κ1) is 9.15. The zero-order valence-corrected chi connectivity index (χ0v) is 10.1. The normalized spacial score (nSPS) is 35.8. The number of nitrogens with zero attached hydrogens (tertiary/aromatic N) is 2. The van der Waals surface area contributed by atoms with Crippen molar-refractivity contribution in [2.45, 2.75) is 31.3 Å². The fraction of sp³-hybridized carbons (Fsp3) is 0.700. The van der Waals surface area contributed by atoms with Crippen molar-refractivity contribution >= 4 is 28.8 Å². The van der Waals surface area contributed by atoms with Gasteiger partial charge in [0.25, 0.3) is 0 Å². The van der Waals surface area contributed by atoms with Gasteiger partial charge in [0, 0.05) is 47.6 Å². The van der Waals surface area contributed by atoms with Crippen LogP contribution in [0.3, 0.4) is 0 Å². The summed E-state index contributed by atoms with van der Waals surface area (Å²) in [7, 11) is 0. The number of likely N-dealkylation sites (tertiary alicyclic amines) is 1. The van der Waals surface area contributed by atoms with E-state index in [2.05, 4.69) is 37.0 Å². The topological polar surface area (TPSA) is 23.6 Å². The van der Waals surface area contributed by atoms with Gasteiger partial charge in [0.1, 0.15) is 0 Å². The van der Waals surface area contributed by atoms with Gasteiger partial charge in [-0.05, 0) is 19.3 Å². The molecule has 0 bridgehead atoms. The smallest absolute Gasteiger partial charge is 0.249 e. The van der Waals surface area contributed by atoms with Gasteiger partial charge in [0.05, 0.1) is 6.04 Å². The van der Waals surface area contributed by atoms with Crippen LogP contribution >= 0.6 is 22.9 Å². The zero-order valence-electron chi connectivity index (χ0n) is 7.95. The van der Waals surface area contributed by atoms with E-state index in [1.165, 1.54) is 0 Å². The third-order valence-electron chi connectivity index (χ3n) is 3.57. The van der Waals surface area contributed by atoms with Crippen LogP contribution in [0, 0.1) is 0 Å². The molecule has 0 aromatic carbocycles. The third-order valence-corrected chi connectivity index (χ3v) is 4.68. The van der Waals surface area contributed by atoms with Crippen LogP contribution in [0.4, 0.5) is 0 Å². The van der Waals surface area contributed by atoms with E-state index >= 15 is 0 Å². The van der Waals surface area contributed by atoms with E-state index in [0.717, 1.165) is 37.9 Å². The number of carbonyl (C=O) groups excluding carboxylic acids is 1. The highest BCUT2D eigenvalue weighted by Crippen LogP contribution is 2.36. The molecule has 2 heterocycles. The summed E-state index contributed by atoms with van der Waals surface area (Å²) in [6.07, 6.45) is 5.34. The van der Waals surface area contributed by atoms with Crippen LogP contribution in [0.2, 0.25) is 0 Å². The summed E-state index contributed by atoms with van der Waals surface area (Å²) >= 11 is 2.37. The van der Waals surface area contributed by atoms with E-state index < -0.39 is 0 Å². The summed E-state index contributed by atoms with van der Waals surface area (Å²) < 4.78 is 2.32. The second kappa shape index (κ2) is 3.20. The first-order chi connectivity index (χ1) is 6.77. The Bertz CT molecular complexity index is 315. The van der Waals surface area contributed by atoms with Gasteiger partial charge in [-0.15, -0.1) is 0 Å². The Morgan fingerprint density at radius 2 is 2.29 bits per heavy atom. The lowest BCUT2D eigenvalue weighted by Gasteiger charge is -2.43. The van der Waals surface area contributed by atoms with Crippen LogP contribution in [0.25, 0.3) is 0 Å². The average molecular weight is 304 g/mol. The Kier molecular flexibility index (Phi) is 2.09. The molecule has 3 aliphatic rings. The highest BCUT2D eigenvalue weighted by atomic mass is 127. The van der Waals surface area contributed by atoms with Crippen LogP contribution in [0.5, 0.6) is 0 Å². The molecular weight excluding hydrogens is 291 g/mol. The van der Waals surface area contributed by atoms with Gasteiger partial charge >= 0.3 is 0 Å². The summed E-state index contributed by atoms with van der Waals surface area (Å²) in [4.78, 5) is 14.0. The predicted octanol–water partition coefficient (Wildman–Crippen LogP) is 1.34. The van der Waals surface area contributed by atoms with E-state index in [9.17, 15) is 4.79 Å². The van der Waals surface area contributed by atoms with Gasteiger partial charge in [0.2, 0.25) is 5.91 Å². The van der Waals surface area contributed by atoms with Crippen LogP contribution < -0.4 is 0 Å². The largest absolute Gasteiger partial charge is 0.333 e. The molecule has 2 atom stereocenters. The number of allylic oxidation sites excluding steroid dienone is 1. The number of amides is 1. The molecule has 0 aromatic rings. The summed E-state index contributed by atoms with van der Waals surface area (Å²) in [5.74, 6) is 0.313. The van der Waals surface area contributed by atoms with E-state index in [-0.39, 0.29) is 0 Å². The minimum atomic E-state index is 0.313. The average Bonchev–Trinajstić information content (AvgIpc) is 2.38. The monoisotopic (exact) mass is 304 g/mol. The number of fused-ring (bicyclic) bond motifs is 1. The lowest BCUT2D eigenvalue weighted by Crippen LogP contribution is -2.58. The van der Waals surface area contributed by atoms with Crippen LogP contribution in [0.1, 0.15) is 19.3 Å². The van der Waals surface area contributed by atoms with Gasteiger partial charge in [-0.25, -0.2) is 3.11 Å². The van der Waals surface area contributed by atoms with Gasteiger partial charge in [-0.3, -0.25) is 4.79 Å². The van der Waals surface area contributed by atoms with Gasteiger partial charge in [-0.2, -0.15) is 0 Å². The van der Waals surface area contributed by atoms with E-state index in [4.69, 9.17) is 0 Å². The lowest BCUT2D eigenvalue weighted by molar-refractivity contribution is -0.130. The second-order valence-electron chi connectivity index (χ2n) is 4.27. The predicted molar refractivity (Wildman–Crippen MR) is 61.9 cm³/mol. The molecule has 3 nitrogen and oxygen atoms in total. The van der Waals surface area contributed by atoms with Crippen molar-refractivity contribution in [2.24, 2.45) is 0 Å². The molecular formula is C10H13IN2O. The minimum absolute atomic E-state index is 0.313. The van der Waals surface area contributed by atoms with E-state index in [1.54, 1.807) is 0 Å². The standard InChI is InChI=1S/C10H13IN2O/c11-13-6-9-8(13)4-5-12(9)10(14)7-2-1-3-7/h2,8-9H,1,3-6H2. The summed E-state index contributed by atoms with van der Waals surface area (Å²) in [6.45, 7) is 2.02. The van der Waals surface area contributed by atoms with Crippen molar-refractivity contribution in [1.82, 2.24) is 8.01 Å². The molecule has 1 amide bonds. The summed E-state index contributed by atoms with van der Waals surface area (Å²) in [6, 6.07) is 1.15. The van der Waals surface area contributed by atoms with Crippen molar-refractivity contribution in [3.8, 4) is 0 Å². The number of halogens is 1. The Hall–Kier alpha value is -0.100. The first-order valence-corrected chi connectivity index (χ1v) is 6.16. The maximum atomic E-state index is 12.0. The molecule has 14 heavy (non-hydrogen) atoms. The number of hydrogen-bond donors (Lipinski definition) is 0. The molecule has 4 heteroatoms. The Morgan fingerprint density at radius 1 is 1.50 bits per heavy atom. The van der Waals surface area contributed by atoms with Crippen LogP contribution in [-0.2, 0) is 4.79 Å². The molecule has 2 unspecified atom stereocenters. The maximum Gasteiger partial charge on any atom is 0.249 e. The van der Waals surface area contributed by atoms with E-state index in [1.807, 2.05) is 0 Å². The highest BCUT2D eigenvalue weighted by Gasteiger charge is 2.48.